The van der Waals surface area contributed by atoms with Gasteiger partial charge in [-0.2, -0.15) is 11.8 Å². The van der Waals surface area contributed by atoms with Crippen LogP contribution in [0.25, 0.3) is 0 Å². The molecule has 0 radical (unpaired) electrons. The lowest BCUT2D eigenvalue weighted by molar-refractivity contribution is 0.0953. The minimum Gasteiger partial charge on any atom is -0.297 e. The van der Waals surface area contributed by atoms with Crippen LogP contribution in [0.1, 0.15) is 15.9 Å². The van der Waals surface area contributed by atoms with Gasteiger partial charge in [-0.25, -0.2) is 5.84 Å². The summed E-state index contributed by atoms with van der Waals surface area (Å²) < 4.78 is 0. The molecular weight excluding hydrogens is 234 g/mol. The lowest BCUT2D eigenvalue weighted by Crippen LogP contribution is -2.32. The Bertz CT molecular complexity index is 391. The highest BCUT2D eigenvalue weighted by atomic mass is 32.2. The van der Waals surface area contributed by atoms with E-state index in [1.807, 2.05) is 23.9 Å². The van der Waals surface area contributed by atoms with Crippen LogP contribution in [0.2, 0.25) is 0 Å². The summed E-state index contributed by atoms with van der Waals surface area (Å²) in [4.78, 5) is 13.8. The average Bonchev–Trinajstić information content (AvgIpc) is 2.39. The maximum atomic E-state index is 11.4. The topological polar surface area (TPSA) is 58.4 Å². The molecule has 1 aromatic carbocycles. The van der Waals surface area contributed by atoms with Gasteiger partial charge in [0.25, 0.3) is 5.91 Å². The van der Waals surface area contributed by atoms with E-state index in [9.17, 15) is 4.79 Å². The van der Waals surface area contributed by atoms with E-state index < -0.39 is 0 Å². The Morgan fingerprint density at radius 2 is 2.18 bits per heavy atom. The molecule has 1 amide bonds. The average molecular weight is 251 g/mol. The summed E-state index contributed by atoms with van der Waals surface area (Å²) in [6.07, 6.45) is 0. The van der Waals surface area contributed by atoms with Crippen molar-refractivity contribution in [2.45, 2.75) is 6.54 Å². The van der Waals surface area contributed by atoms with E-state index in [4.69, 9.17) is 5.84 Å². The lowest BCUT2D eigenvalue weighted by atomic mass is 10.1. The molecule has 1 aliphatic heterocycles. The van der Waals surface area contributed by atoms with Crippen LogP contribution in [0.3, 0.4) is 0 Å². The second kappa shape index (κ2) is 6.05. The molecule has 1 saturated heterocycles. The second-order valence-corrected chi connectivity index (χ2v) is 5.29. The molecule has 1 aliphatic rings. The molecule has 0 aromatic heterocycles. The minimum atomic E-state index is -0.235. The molecule has 0 saturated carbocycles. The fourth-order valence-corrected chi connectivity index (χ4v) is 2.89. The van der Waals surface area contributed by atoms with Crippen LogP contribution in [0.15, 0.2) is 24.3 Å². The Morgan fingerprint density at radius 1 is 1.41 bits per heavy atom. The van der Waals surface area contributed by atoms with Crippen LogP contribution < -0.4 is 11.3 Å². The third-order valence-electron chi connectivity index (χ3n) is 2.83. The Hall–Kier alpha value is -1.04. The van der Waals surface area contributed by atoms with Gasteiger partial charge in [-0.1, -0.05) is 12.1 Å². The fourth-order valence-electron chi connectivity index (χ4n) is 1.91. The maximum Gasteiger partial charge on any atom is 0.265 e. The molecule has 0 bridgehead atoms. The number of amides is 1. The number of hydrogen-bond donors (Lipinski definition) is 2. The van der Waals surface area contributed by atoms with E-state index in [0.717, 1.165) is 25.2 Å². The molecule has 4 nitrogen and oxygen atoms in total. The largest absolute Gasteiger partial charge is 0.297 e. The van der Waals surface area contributed by atoms with Gasteiger partial charge in [0.2, 0.25) is 0 Å². The first-order valence-corrected chi connectivity index (χ1v) is 6.85. The molecule has 1 aromatic rings. The number of carbonyl (C=O) groups excluding carboxylic acids is 1. The van der Waals surface area contributed by atoms with Crippen molar-refractivity contribution in [1.29, 1.82) is 0 Å². The number of benzene rings is 1. The zero-order chi connectivity index (χ0) is 12.1. The third-order valence-corrected chi connectivity index (χ3v) is 3.77. The van der Waals surface area contributed by atoms with Crippen LogP contribution >= 0.6 is 11.8 Å². The molecule has 0 atom stereocenters. The van der Waals surface area contributed by atoms with E-state index in [1.165, 1.54) is 11.5 Å². The summed E-state index contributed by atoms with van der Waals surface area (Å²) in [6, 6.07) is 7.63. The molecule has 0 spiro atoms. The summed E-state index contributed by atoms with van der Waals surface area (Å²) in [6.45, 7) is 3.15. The number of hydrogen-bond acceptors (Lipinski definition) is 4. The van der Waals surface area contributed by atoms with Gasteiger partial charge < -0.3 is 0 Å². The van der Waals surface area contributed by atoms with Crippen molar-refractivity contribution in [3.8, 4) is 0 Å². The SMILES string of the molecule is NNC(=O)c1cccc(CN2CCSCC2)c1. The molecule has 2 rings (SSSR count). The number of nitrogens with one attached hydrogen (secondary N) is 1. The van der Waals surface area contributed by atoms with Gasteiger partial charge in [0.15, 0.2) is 0 Å². The minimum absolute atomic E-state index is 0.235. The van der Waals surface area contributed by atoms with Crippen molar-refractivity contribution in [2.75, 3.05) is 24.6 Å². The monoisotopic (exact) mass is 251 g/mol. The first-order chi connectivity index (χ1) is 8.29. The molecule has 92 valence electrons. The zero-order valence-corrected chi connectivity index (χ0v) is 10.5. The highest BCUT2D eigenvalue weighted by Gasteiger charge is 2.11. The number of nitrogens with zero attached hydrogens (tertiary/aromatic N) is 1. The van der Waals surface area contributed by atoms with Crippen molar-refractivity contribution in [2.24, 2.45) is 5.84 Å². The Balaban J connectivity index is 2.02. The number of nitrogens with two attached hydrogens (primary N) is 1. The van der Waals surface area contributed by atoms with Crippen molar-refractivity contribution < 1.29 is 4.79 Å². The van der Waals surface area contributed by atoms with Crippen molar-refractivity contribution in [1.82, 2.24) is 10.3 Å². The van der Waals surface area contributed by atoms with Gasteiger partial charge in [0.05, 0.1) is 0 Å². The Morgan fingerprint density at radius 3 is 2.88 bits per heavy atom. The molecular formula is C12H17N3OS. The standard InChI is InChI=1S/C12H17N3OS/c13-14-12(16)11-3-1-2-10(8-11)9-15-4-6-17-7-5-15/h1-3,8H,4-7,9,13H2,(H,14,16). The predicted octanol–water partition coefficient (Wildman–Crippen LogP) is 0.839. The Labute approximate surface area is 106 Å². The third kappa shape index (κ3) is 3.46. The smallest absolute Gasteiger partial charge is 0.265 e. The normalized spacial score (nSPS) is 16.8. The van der Waals surface area contributed by atoms with E-state index in [-0.39, 0.29) is 5.91 Å². The summed E-state index contributed by atoms with van der Waals surface area (Å²) in [5.41, 5.74) is 3.94. The van der Waals surface area contributed by atoms with Crippen molar-refractivity contribution in [3.05, 3.63) is 35.4 Å². The summed E-state index contributed by atoms with van der Waals surface area (Å²) in [5, 5.41) is 0. The number of hydrazine groups is 1. The maximum absolute atomic E-state index is 11.4. The van der Waals surface area contributed by atoms with Crippen LogP contribution in [-0.4, -0.2) is 35.4 Å². The summed E-state index contributed by atoms with van der Waals surface area (Å²) in [5.74, 6) is 7.29. The molecule has 5 heteroatoms. The Kier molecular flexibility index (Phi) is 4.42. The van der Waals surface area contributed by atoms with Crippen LogP contribution in [-0.2, 0) is 6.54 Å². The van der Waals surface area contributed by atoms with Gasteiger partial charge in [-0.05, 0) is 17.7 Å². The van der Waals surface area contributed by atoms with Gasteiger partial charge in [-0.3, -0.25) is 15.1 Å². The van der Waals surface area contributed by atoms with Gasteiger partial charge in [0.1, 0.15) is 0 Å². The van der Waals surface area contributed by atoms with Crippen LogP contribution in [0.4, 0.5) is 0 Å². The molecule has 0 aliphatic carbocycles. The number of rotatable bonds is 3. The molecule has 1 fully saturated rings. The zero-order valence-electron chi connectivity index (χ0n) is 9.69. The predicted molar refractivity (Wildman–Crippen MR) is 70.7 cm³/mol. The summed E-state index contributed by atoms with van der Waals surface area (Å²) in [7, 11) is 0. The highest BCUT2D eigenvalue weighted by molar-refractivity contribution is 7.99. The quantitative estimate of drug-likeness (QED) is 0.475. The second-order valence-electron chi connectivity index (χ2n) is 4.06. The van der Waals surface area contributed by atoms with Crippen molar-refractivity contribution in [3.63, 3.8) is 0 Å². The number of carbonyl (C=O) groups is 1. The van der Waals surface area contributed by atoms with Crippen molar-refractivity contribution >= 4 is 17.7 Å². The first-order valence-electron chi connectivity index (χ1n) is 5.69. The van der Waals surface area contributed by atoms with Gasteiger partial charge in [0, 0.05) is 36.7 Å². The number of nitrogen functional groups attached to an aromatic ring is 1. The van der Waals surface area contributed by atoms with E-state index >= 15 is 0 Å². The van der Waals surface area contributed by atoms with Crippen LogP contribution in [0, 0.1) is 0 Å². The molecule has 17 heavy (non-hydrogen) atoms. The molecule has 1 heterocycles. The summed E-state index contributed by atoms with van der Waals surface area (Å²) >= 11 is 2.00. The first kappa shape index (κ1) is 12.4. The van der Waals surface area contributed by atoms with E-state index in [1.54, 1.807) is 6.07 Å². The number of thioether (sulfide) groups is 1. The fraction of sp³-hybridized carbons (Fsp3) is 0.417. The van der Waals surface area contributed by atoms with E-state index in [2.05, 4.69) is 16.4 Å². The van der Waals surface area contributed by atoms with Gasteiger partial charge in [-0.15, -0.1) is 0 Å². The van der Waals surface area contributed by atoms with Crippen LogP contribution in [0.5, 0.6) is 0 Å². The highest BCUT2D eigenvalue weighted by Crippen LogP contribution is 2.13. The lowest BCUT2D eigenvalue weighted by Gasteiger charge is -2.26. The molecule has 0 unspecified atom stereocenters. The van der Waals surface area contributed by atoms with E-state index in [0.29, 0.717) is 5.56 Å². The molecule has 3 N–H and O–H groups in total. The van der Waals surface area contributed by atoms with Gasteiger partial charge >= 0.3 is 0 Å².